The average Bonchev–Trinajstić information content (AvgIpc) is 3.27. The minimum Gasteiger partial charge on any atom is -0.454 e. The van der Waals surface area contributed by atoms with E-state index in [9.17, 15) is 5.26 Å². The molecule has 0 amide bonds. The highest BCUT2D eigenvalue weighted by molar-refractivity contribution is 6.14. The first-order valence-corrected chi connectivity index (χ1v) is 12.1. The number of nitriles is 1. The van der Waals surface area contributed by atoms with E-state index in [-0.39, 0.29) is 0 Å². The molecule has 2 aromatic heterocycles. The Kier molecular flexibility index (Phi) is 5.16. The molecule has 0 atom stereocenters. The molecule has 0 saturated heterocycles. The monoisotopic (exact) mass is 465 g/mol. The summed E-state index contributed by atoms with van der Waals surface area (Å²) in [7, 11) is 2.05. The van der Waals surface area contributed by atoms with Crippen LogP contribution >= 0.6 is 0 Å². The third kappa shape index (κ3) is 3.47. The largest absolute Gasteiger partial charge is 0.454 e. The summed E-state index contributed by atoms with van der Waals surface area (Å²) in [6.07, 6.45) is 2.05. The highest BCUT2D eigenvalue weighted by atomic mass is 16.3. The SMILES string of the molecule is Cc1cccc(-c2ccc(-c3c(C#N)ccc4c3oc3c(-c5cccc[n+]5C)c(C)ccc34)cc2)c1. The van der Waals surface area contributed by atoms with Crippen LogP contribution in [0.1, 0.15) is 16.7 Å². The number of hydrogen-bond donors (Lipinski definition) is 0. The fraction of sp³-hybridized carbons (Fsp3) is 0.0909. The molecular weight excluding hydrogens is 440 g/mol. The molecule has 0 unspecified atom stereocenters. The predicted octanol–water partition coefficient (Wildman–Crippen LogP) is 7.90. The zero-order chi connectivity index (χ0) is 24.8. The maximum absolute atomic E-state index is 10.00. The summed E-state index contributed by atoms with van der Waals surface area (Å²) >= 11 is 0. The summed E-state index contributed by atoms with van der Waals surface area (Å²) in [5, 5.41) is 12.1. The molecule has 0 saturated carbocycles. The number of furan rings is 1. The number of aromatic nitrogens is 1. The Bertz CT molecular complexity index is 1820. The number of benzene rings is 4. The van der Waals surface area contributed by atoms with Gasteiger partial charge in [0.15, 0.2) is 6.20 Å². The maximum Gasteiger partial charge on any atom is 0.216 e. The van der Waals surface area contributed by atoms with E-state index in [1.165, 1.54) is 11.1 Å². The Morgan fingerprint density at radius 1 is 0.694 bits per heavy atom. The Balaban J connectivity index is 1.60. The lowest BCUT2D eigenvalue weighted by Crippen LogP contribution is -2.30. The van der Waals surface area contributed by atoms with Gasteiger partial charge < -0.3 is 4.42 Å². The van der Waals surface area contributed by atoms with Gasteiger partial charge in [0.25, 0.3) is 0 Å². The molecule has 3 nitrogen and oxygen atoms in total. The van der Waals surface area contributed by atoms with E-state index in [0.717, 1.165) is 55.4 Å². The molecule has 172 valence electrons. The smallest absolute Gasteiger partial charge is 0.216 e. The molecule has 0 aliphatic heterocycles. The van der Waals surface area contributed by atoms with Gasteiger partial charge in [-0.05, 0) is 54.3 Å². The van der Waals surface area contributed by atoms with Crippen LogP contribution in [0.2, 0.25) is 0 Å². The lowest BCUT2D eigenvalue weighted by atomic mass is 9.94. The van der Waals surface area contributed by atoms with E-state index in [0.29, 0.717) is 5.56 Å². The van der Waals surface area contributed by atoms with Crippen molar-refractivity contribution in [1.29, 1.82) is 5.26 Å². The number of rotatable bonds is 3. The molecule has 0 aliphatic rings. The van der Waals surface area contributed by atoms with Gasteiger partial charge in [0, 0.05) is 28.5 Å². The van der Waals surface area contributed by atoms with Crippen molar-refractivity contribution in [3.63, 3.8) is 0 Å². The lowest BCUT2D eigenvalue weighted by molar-refractivity contribution is -0.660. The Labute approximate surface area is 210 Å². The first-order valence-electron chi connectivity index (χ1n) is 12.1. The number of fused-ring (bicyclic) bond motifs is 3. The molecule has 4 aromatic carbocycles. The molecule has 2 heterocycles. The minimum atomic E-state index is 0.605. The van der Waals surface area contributed by atoms with Gasteiger partial charge >= 0.3 is 0 Å². The van der Waals surface area contributed by atoms with Gasteiger partial charge in [-0.1, -0.05) is 66.2 Å². The van der Waals surface area contributed by atoms with Crippen molar-refractivity contribution >= 4 is 21.9 Å². The summed E-state index contributed by atoms with van der Waals surface area (Å²) in [5.74, 6) is 0. The summed E-state index contributed by atoms with van der Waals surface area (Å²) < 4.78 is 8.78. The van der Waals surface area contributed by atoms with Crippen LogP contribution < -0.4 is 4.57 Å². The standard InChI is InChI=1S/C33H25N2O/c1-21-7-6-8-25(19-21)23-11-13-24(14-12-23)31-26(20-34)15-17-28-27-16-10-22(2)30(32(27)36-33(28)31)29-9-4-5-18-35(29)3/h4-19H,1-3H3/q+1. The van der Waals surface area contributed by atoms with Crippen molar-refractivity contribution in [2.45, 2.75) is 13.8 Å². The van der Waals surface area contributed by atoms with Crippen LogP contribution in [0, 0.1) is 25.2 Å². The van der Waals surface area contributed by atoms with E-state index in [1.807, 2.05) is 37.5 Å². The van der Waals surface area contributed by atoms with Crippen molar-refractivity contribution in [2.75, 3.05) is 0 Å². The Hall–Kier alpha value is -4.68. The average molecular weight is 466 g/mol. The second-order valence-corrected chi connectivity index (χ2v) is 9.36. The van der Waals surface area contributed by atoms with Crippen molar-refractivity contribution in [1.82, 2.24) is 0 Å². The van der Waals surface area contributed by atoms with Crippen LogP contribution in [0.15, 0.2) is 102 Å². The van der Waals surface area contributed by atoms with Crippen LogP contribution in [0.3, 0.4) is 0 Å². The van der Waals surface area contributed by atoms with Gasteiger partial charge in [0.1, 0.15) is 18.2 Å². The van der Waals surface area contributed by atoms with Crippen molar-refractivity contribution in [3.8, 4) is 39.6 Å². The molecule has 6 rings (SSSR count). The normalized spacial score (nSPS) is 11.2. The van der Waals surface area contributed by atoms with Crippen LogP contribution in [-0.4, -0.2) is 0 Å². The highest BCUT2D eigenvalue weighted by Gasteiger charge is 2.22. The van der Waals surface area contributed by atoms with Crippen molar-refractivity contribution in [2.24, 2.45) is 7.05 Å². The fourth-order valence-corrected chi connectivity index (χ4v) is 5.14. The van der Waals surface area contributed by atoms with Crippen LogP contribution in [0.25, 0.3) is 55.4 Å². The number of aryl methyl sites for hydroxylation is 3. The molecular formula is C33H25N2O+. The van der Waals surface area contributed by atoms with E-state index in [4.69, 9.17) is 4.42 Å². The molecule has 3 heteroatoms. The predicted molar refractivity (Wildman–Crippen MR) is 145 cm³/mol. The van der Waals surface area contributed by atoms with Crippen molar-refractivity contribution in [3.05, 3.63) is 114 Å². The highest BCUT2D eigenvalue weighted by Crippen LogP contribution is 2.42. The molecule has 0 radical (unpaired) electrons. The Morgan fingerprint density at radius 2 is 1.42 bits per heavy atom. The number of nitrogens with zero attached hydrogens (tertiary/aromatic N) is 2. The van der Waals surface area contributed by atoms with E-state index in [1.54, 1.807) is 0 Å². The molecule has 0 spiro atoms. The van der Waals surface area contributed by atoms with E-state index in [2.05, 4.69) is 91.2 Å². The molecule has 0 fully saturated rings. The van der Waals surface area contributed by atoms with Gasteiger partial charge in [0.05, 0.1) is 17.2 Å². The van der Waals surface area contributed by atoms with Crippen molar-refractivity contribution < 1.29 is 8.98 Å². The summed E-state index contributed by atoms with van der Waals surface area (Å²) in [6.45, 7) is 4.21. The van der Waals surface area contributed by atoms with Gasteiger partial charge in [-0.15, -0.1) is 0 Å². The van der Waals surface area contributed by atoms with Gasteiger partial charge in [-0.2, -0.15) is 5.26 Å². The minimum absolute atomic E-state index is 0.605. The van der Waals surface area contributed by atoms with E-state index >= 15 is 0 Å². The maximum atomic E-state index is 10.00. The van der Waals surface area contributed by atoms with Crippen LogP contribution in [0.4, 0.5) is 0 Å². The topological polar surface area (TPSA) is 40.8 Å². The number of pyridine rings is 1. The zero-order valence-corrected chi connectivity index (χ0v) is 20.5. The van der Waals surface area contributed by atoms with Gasteiger partial charge in [0.2, 0.25) is 5.69 Å². The van der Waals surface area contributed by atoms with Gasteiger partial charge in [-0.3, -0.25) is 0 Å². The summed E-state index contributed by atoms with van der Waals surface area (Å²) in [6, 6.07) is 33.6. The van der Waals surface area contributed by atoms with E-state index < -0.39 is 0 Å². The zero-order valence-electron chi connectivity index (χ0n) is 20.5. The third-order valence-electron chi connectivity index (χ3n) is 6.97. The summed E-state index contributed by atoms with van der Waals surface area (Å²) in [5.41, 5.74) is 10.9. The second kappa shape index (κ2) is 8.52. The third-order valence-corrected chi connectivity index (χ3v) is 6.97. The molecule has 6 aromatic rings. The molecule has 0 N–H and O–H groups in total. The van der Waals surface area contributed by atoms with Crippen LogP contribution in [0.5, 0.6) is 0 Å². The fourth-order valence-electron chi connectivity index (χ4n) is 5.14. The van der Waals surface area contributed by atoms with Gasteiger partial charge in [-0.25, -0.2) is 4.57 Å². The second-order valence-electron chi connectivity index (χ2n) is 9.36. The molecule has 0 bridgehead atoms. The Morgan fingerprint density at radius 3 is 2.14 bits per heavy atom. The first kappa shape index (κ1) is 21.8. The molecule has 36 heavy (non-hydrogen) atoms. The number of hydrogen-bond acceptors (Lipinski definition) is 2. The lowest BCUT2D eigenvalue weighted by Gasteiger charge is -2.08. The first-order chi connectivity index (χ1) is 17.5. The quantitative estimate of drug-likeness (QED) is 0.249. The van der Waals surface area contributed by atoms with Crippen LogP contribution in [-0.2, 0) is 7.05 Å². The summed E-state index contributed by atoms with van der Waals surface area (Å²) in [4.78, 5) is 0. The molecule has 0 aliphatic carbocycles.